The number of unbranched alkanes of at least 4 members (excludes halogenated alkanes) is 9. The Morgan fingerprint density at radius 1 is 0.750 bits per heavy atom. The highest BCUT2D eigenvalue weighted by Gasteiger charge is 1.93. The third-order valence-electron chi connectivity index (χ3n) is 3.29. The van der Waals surface area contributed by atoms with Gasteiger partial charge in [0.25, 0.3) is 0 Å². The molecular weight excluding hydrogens is 250 g/mol. The second-order valence-electron chi connectivity index (χ2n) is 5.81. The van der Waals surface area contributed by atoms with Crippen LogP contribution in [0.15, 0.2) is 0 Å². The van der Waals surface area contributed by atoms with Crippen molar-refractivity contribution in [1.29, 1.82) is 0 Å². The molecule has 0 aromatic rings. The molecule has 0 aromatic heterocycles. The zero-order valence-electron chi connectivity index (χ0n) is 14.3. The van der Waals surface area contributed by atoms with E-state index in [0.29, 0.717) is 13.0 Å². The maximum atomic E-state index is 7.95. The molecule has 3 heteroatoms. The Kier molecular flexibility index (Phi) is 23.5. The molecule has 3 nitrogen and oxygen atoms in total. The summed E-state index contributed by atoms with van der Waals surface area (Å²) in [6, 6.07) is 0. The molecule has 0 aliphatic rings. The highest BCUT2D eigenvalue weighted by molar-refractivity contribution is 4.49. The lowest BCUT2D eigenvalue weighted by Gasteiger charge is -2.08. The van der Waals surface area contributed by atoms with Gasteiger partial charge in [-0.3, -0.25) is 0 Å². The van der Waals surface area contributed by atoms with Gasteiger partial charge < -0.3 is 15.1 Å². The van der Waals surface area contributed by atoms with Gasteiger partial charge in [0.15, 0.2) is 0 Å². The standard InChI is InChI=1S/C14H31N.C3H8O2/c1-4-5-6-7-8-9-10-11-12-13-14-15(2)3;4-2-1-3-5/h4-14H2,1-3H3;4-5H,1-3H2/p+1. The van der Waals surface area contributed by atoms with Gasteiger partial charge >= 0.3 is 0 Å². The maximum Gasteiger partial charge on any atom is 0.145 e. The monoisotopic (exact) mass is 290 g/mol. The average molecular weight is 291 g/mol. The van der Waals surface area contributed by atoms with Crippen LogP contribution in [0.2, 0.25) is 0 Å². The normalized spacial score (nSPS) is 10.5. The first-order valence-corrected chi connectivity index (χ1v) is 8.59. The highest BCUT2D eigenvalue weighted by Crippen LogP contribution is 2.10. The van der Waals surface area contributed by atoms with E-state index in [0.717, 1.165) is 0 Å². The smallest absolute Gasteiger partial charge is 0.145 e. The number of rotatable bonds is 13. The molecule has 0 saturated carbocycles. The van der Waals surface area contributed by atoms with Gasteiger partial charge in [-0.15, -0.1) is 0 Å². The lowest BCUT2D eigenvalue weighted by Crippen LogP contribution is -2.12. The quantitative estimate of drug-likeness (QED) is 0.416. The van der Waals surface area contributed by atoms with Crippen molar-refractivity contribution in [2.75, 3.05) is 33.9 Å². The van der Waals surface area contributed by atoms with Crippen molar-refractivity contribution in [2.24, 2.45) is 0 Å². The third-order valence-corrected chi connectivity index (χ3v) is 3.29. The lowest BCUT2D eigenvalue weighted by atomic mass is 10.1. The molecule has 0 heterocycles. The molecule has 0 unspecified atom stereocenters. The van der Waals surface area contributed by atoms with Gasteiger partial charge in [0.05, 0.1) is 6.61 Å². The summed E-state index contributed by atoms with van der Waals surface area (Å²) in [7, 11) is 4.32. The molecule has 0 aliphatic carbocycles. The fourth-order valence-corrected chi connectivity index (χ4v) is 1.99. The first-order chi connectivity index (χ1) is 9.68. The van der Waals surface area contributed by atoms with Crippen LogP contribution in [0.4, 0.5) is 0 Å². The van der Waals surface area contributed by atoms with Crippen LogP contribution in [0, 0.1) is 0 Å². The summed E-state index contributed by atoms with van der Waals surface area (Å²) in [6.45, 7) is 4.04. The molecule has 0 aromatic carbocycles. The van der Waals surface area contributed by atoms with Crippen LogP contribution < -0.4 is 0 Å². The number of hydrogen-bond donors (Lipinski definition) is 1. The first kappa shape index (κ1) is 22.2. The van der Waals surface area contributed by atoms with Gasteiger partial charge in [-0.25, -0.2) is 0 Å². The summed E-state index contributed by atoms with van der Waals surface area (Å²) >= 11 is 0. The Morgan fingerprint density at radius 3 is 1.50 bits per heavy atom. The van der Waals surface area contributed by atoms with Gasteiger partial charge in [-0.2, -0.15) is 0 Å². The minimum absolute atomic E-state index is 0.156. The predicted molar refractivity (Wildman–Crippen MR) is 90.6 cm³/mol. The molecule has 20 heavy (non-hydrogen) atoms. The summed E-state index contributed by atoms with van der Waals surface area (Å²) in [5.41, 5.74) is 0. The summed E-state index contributed by atoms with van der Waals surface area (Å²) in [4.78, 5) is 2.28. The van der Waals surface area contributed by atoms with Gasteiger partial charge in [-0.1, -0.05) is 64.7 Å². The maximum absolute atomic E-state index is 7.95. The van der Waals surface area contributed by atoms with Gasteiger partial charge in [0, 0.05) is 6.42 Å². The fraction of sp³-hybridized carbons (Fsp3) is 1.00. The SMILES string of the molecule is CCCCCCCCCCCCN(C)C.OCCC[OH2+]. The second-order valence-corrected chi connectivity index (χ2v) is 5.81. The van der Waals surface area contributed by atoms with E-state index in [1.165, 1.54) is 70.8 Å². The number of hydrogen-bond acceptors (Lipinski definition) is 2. The van der Waals surface area contributed by atoms with Gasteiger partial charge in [0.2, 0.25) is 0 Å². The van der Waals surface area contributed by atoms with Crippen molar-refractivity contribution >= 4 is 0 Å². The van der Waals surface area contributed by atoms with Gasteiger partial charge in [-0.05, 0) is 27.1 Å². The van der Waals surface area contributed by atoms with Crippen LogP contribution in [0.1, 0.15) is 77.6 Å². The third kappa shape index (κ3) is 26.4. The van der Waals surface area contributed by atoms with Crippen molar-refractivity contribution in [1.82, 2.24) is 4.90 Å². The molecule has 0 amide bonds. The van der Waals surface area contributed by atoms with Crippen LogP contribution in [0.5, 0.6) is 0 Å². The minimum Gasteiger partial charge on any atom is -0.445 e. The topological polar surface area (TPSA) is 46.4 Å². The van der Waals surface area contributed by atoms with E-state index >= 15 is 0 Å². The molecule has 0 atom stereocenters. The fourth-order valence-electron chi connectivity index (χ4n) is 1.99. The van der Waals surface area contributed by atoms with Gasteiger partial charge in [0.1, 0.15) is 6.61 Å². The van der Waals surface area contributed by atoms with Crippen molar-refractivity contribution in [3.8, 4) is 0 Å². The zero-order chi connectivity index (χ0) is 15.5. The summed E-state index contributed by atoms with van der Waals surface area (Å²) in [5, 5.41) is 14.4. The molecule has 3 N–H and O–H groups in total. The molecular formula is C17H40NO2+. The average Bonchev–Trinajstić information content (AvgIpc) is 2.42. The highest BCUT2D eigenvalue weighted by atomic mass is 16.3. The van der Waals surface area contributed by atoms with Crippen LogP contribution in [-0.2, 0) is 0 Å². The van der Waals surface area contributed by atoms with Crippen LogP contribution in [0.25, 0.3) is 0 Å². The molecule has 0 aliphatic heterocycles. The van der Waals surface area contributed by atoms with Crippen molar-refractivity contribution < 1.29 is 10.2 Å². The number of aliphatic hydroxyl groups is 1. The van der Waals surface area contributed by atoms with E-state index in [-0.39, 0.29) is 6.61 Å². The van der Waals surface area contributed by atoms with Crippen LogP contribution in [-0.4, -0.2) is 49.0 Å². The zero-order valence-corrected chi connectivity index (χ0v) is 14.3. The largest absolute Gasteiger partial charge is 0.445 e. The van der Waals surface area contributed by atoms with E-state index in [1.54, 1.807) is 0 Å². The minimum atomic E-state index is 0.156. The molecule has 0 rings (SSSR count). The molecule has 124 valence electrons. The molecule has 0 fully saturated rings. The van der Waals surface area contributed by atoms with E-state index < -0.39 is 0 Å². The van der Waals surface area contributed by atoms with E-state index in [9.17, 15) is 0 Å². The van der Waals surface area contributed by atoms with Crippen LogP contribution >= 0.6 is 0 Å². The first-order valence-electron chi connectivity index (χ1n) is 8.59. The number of aliphatic hydroxyl groups excluding tert-OH is 1. The van der Waals surface area contributed by atoms with Crippen molar-refractivity contribution in [2.45, 2.75) is 77.6 Å². The predicted octanol–water partition coefficient (Wildman–Crippen LogP) is 3.56. The Labute approximate surface area is 127 Å². The Morgan fingerprint density at radius 2 is 1.20 bits per heavy atom. The van der Waals surface area contributed by atoms with Crippen molar-refractivity contribution in [3.05, 3.63) is 0 Å². The van der Waals surface area contributed by atoms with E-state index in [4.69, 9.17) is 10.2 Å². The van der Waals surface area contributed by atoms with E-state index in [1.807, 2.05) is 0 Å². The second kappa shape index (κ2) is 21.2. The summed E-state index contributed by atoms with van der Waals surface area (Å²) in [5.74, 6) is 0. The summed E-state index contributed by atoms with van der Waals surface area (Å²) in [6.07, 6.45) is 15.0. The Balaban J connectivity index is 0. The Hall–Kier alpha value is -0.120. The van der Waals surface area contributed by atoms with Crippen molar-refractivity contribution in [3.63, 3.8) is 0 Å². The van der Waals surface area contributed by atoms with Crippen LogP contribution in [0.3, 0.4) is 0 Å². The molecule has 0 saturated heterocycles. The molecule has 0 radical (unpaired) electrons. The number of nitrogens with zero attached hydrogens (tertiary/aromatic N) is 1. The Bertz CT molecular complexity index is 150. The lowest BCUT2D eigenvalue weighted by molar-refractivity contribution is 0.221. The molecule has 0 bridgehead atoms. The molecule has 0 spiro atoms. The van der Waals surface area contributed by atoms with E-state index in [2.05, 4.69) is 25.9 Å². The summed E-state index contributed by atoms with van der Waals surface area (Å²) < 4.78 is 0.